The van der Waals surface area contributed by atoms with Crippen LogP contribution in [-0.2, 0) is 14.3 Å². The van der Waals surface area contributed by atoms with Gasteiger partial charge in [-0.25, -0.2) is 0 Å². The van der Waals surface area contributed by atoms with E-state index in [4.69, 9.17) is 12.2 Å². The van der Waals surface area contributed by atoms with E-state index in [0.717, 1.165) is 10.0 Å². The maximum Gasteiger partial charge on any atom is 0.325 e. The Kier molecular flexibility index (Phi) is 4.74. The molecule has 5 nitrogen and oxygen atoms in total. The zero-order chi connectivity index (χ0) is 15.6. The first-order valence-corrected chi connectivity index (χ1v) is 7.28. The number of esters is 1. The molecule has 0 aliphatic carbocycles. The summed E-state index contributed by atoms with van der Waals surface area (Å²) in [6, 6.07) is 7.54. The molecule has 1 aliphatic rings. The van der Waals surface area contributed by atoms with Gasteiger partial charge in [0.2, 0.25) is 0 Å². The number of halogens is 1. The van der Waals surface area contributed by atoms with Crippen LogP contribution in [0.5, 0.6) is 0 Å². The smallest absolute Gasteiger partial charge is 0.325 e. The van der Waals surface area contributed by atoms with E-state index in [1.165, 1.54) is 12.0 Å². The van der Waals surface area contributed by atoms with Gasteiger partial charge in [0.1, 0.15) is 12.2 Å². The summed E-state index contributed by atoms with van der Waals surface area (Å²) in [6.45, 7) is -0.186. The van der Waals surface area contributed by atoms with Gasteiger partial charge in [-0.05, 0) is 36.0 Å². The summed E-state index contributed by atoms with van der Waals surface area (Å²) in [5, 5.41) is 0.284. The number of benzene rings is 1. The molecule has 0 unspecified atom stereocenters. The zero-order valence-electron chi connectivity index (χ0n) is 11.5. The molecular weight excluding hydrogens is 356 g/mol. The largest absolute Gasteiger partial charge is 0.468 e. The Hall–Kier alpha value is -1.73. The van der Waals surface area contributed by atoms with Crippen LogP contribution in [0.1, 0.15) is 5.56 Å². The van der Waals surface area contributed by atoms with Crippen molar-refractivity contribution >= 4 is 51.2 Å². The van der Waals surface area contributed by atoms with Crippen molar-refractivity contribution in [2.75, 3.05) is 20.7 Å². The molecule has 0 bridgehead atoms. The molecule has 21 heavy (non-hydrogen) atoms. The molecule has 1 fully saturated rings. The Balaban J connectivity index is 2.31. The number of carbonyl (C=O) groups is 2. The minimum Gasteiger partial charge on any atom is -0.468 e. The molecule has 1 saturated heterocycles. The van der Waals surface area contributed by atoms with Gasteiger partial charge in [-0.15, -0.1) is 0 Å². The van der Waals surface area contributed by atoms with Crippen LogP contribution in [0.3, 0.4) is 0 Å². The molecule has 0 spiro atoms. The molecule has 0 N–H and O–H groups in total. The molecular formula is C14H13BrN2O3S. The van der Waals surface area contributed by atoms with Gasteiger partial charge in [0, 0.05) is 11.5 Å². The van der Waals surface area contributed by atoms with Gasteiger partial charge in [-0.1, -0.05) is 28.1 Å². The van der Waals surface area contributed by atoms with Crippen LogP contribution < -0.4 is 0 Å². The number of amides is 1. The lowest BCUT2D eigenvalue weighted by Crippen LogP contribution is -2.36. The van der Waals surface area contributed by atoms with Gasteiger partial charge in [-0.3, -0.25) is 14.5 Å². The molecule has 1 heterocycles. The summed E-state index contributed by atoms with van der Waals surface area (Å²) in [4.78, 5) is 26.5. The molecule has 0 aromatic heterocycles. The molecule has 1 aliphatic heterocycles. The second kappa shape index (κ2) is 6.36. The fourth-order valence-corrected chi connectivity index (χ4v) is 2.56. The van der Waals surface area contributed by atoms with Crippen molar-refractivity contribution in [1.82, 2.24) is 9.80 Å². The van der Waals surface area contributed by atoms with Crippen LogP contribution in [0.2, 0.25) is 0 Å². The van der Waals surface area contributed by atoms with Crippen molar-refractivity contribution in [1.29, 1.82) is 0 Å². The number of nitrogens with zero attached hydrogens (tertiary/aromatic N) is 2. The second-order valence-corrected chi connectivity index (χ2v) is 5.67. The zero-order valence-corrected chi connectivity index (χ0v) is 13.9. The monoisotopic (exact) mass is 368 g/mol. The number of hydrogen-bond acceptors (Lipinski definition) is 4. The van der Waals surface area contributed by atoms with Crippen LogP contribution >= 0.6 is 28.1 Å². The highest BCUT2D eigenvalue weighted by Gasteiger charge is 2.36. The topological polar surface area (TPSA) is 49.9 Å². The van der Waals surface area contributed by atoms with E-state index in [1.807, 2.05) is 24.3 Å². The highest BCUT2D eigenvalue weighted by molar-refractivity contribution is 9.10. The van der Waals surface area contributed by atoms with Crippen molar-refractivity contribution in [3.05, 3.63) is 40.0 Å². The first-order valence-electron chi connectivity index (χ1n) is 6.07. The number of ether oxygens (including phenoxy) is 1. The van der Waals surface area contributed by atoms with Gasteiger partial charge in [0.15, 0.2) is 5.11 Å². The van der Waals surface area contributed by atoms with E-state index < -0.39 is 5.97 Å². The van der Waals surface area contributed by atoms with Crippen molar-refractivity contribution in [2.24, 2.45) is 0 Å². The number of rotatable bonds is 3. The molecule has 2 rings (SSSR count). The Labute approximate surface area is 136 Å². The van der Waals surface area contributed by atoms with Gasteiger partial charge in [0.25, 0.3) is 5.91 Å². The predicted molar refractivity (Wildman–Crippen MR) is 86.2 cm³/mol. The quantitative estimate of drug-likeness (QED) is 0.464. The Morgan fingerprint density at radius 2 is 2.19 bits per heavy atom. The molecule has 7 heteroatoms. The van der Waals surface area contributed by atoms with E-state index in [0.29, 0.717) is 5.70 Å². The fraction of sp³-hybridized carbons (Fsp3) is 0.214. The third-order valence-corrected chi connectivity index (χ3v) is 4.00. The first-order chi connectivity index (χ1) is 9.93. The van der Waals surface area contributed by atoms with E-state index in [1.54, 1.807) is 18.0 Å². The van der Waals surface area contributed by atoms with Crippen molar-refractivity contribution in [3.63, 3.8) is 0 Å². The van der Waals surface area contributed by atoms with Crippen LogP contribution in [0, 0.1) is 0 Å². The number of carbonyl (C=O) groups excluding carboxylic acids is 2. The standard InChI is InChI=1S/C14H13BrN2O3S/c1-16-11(7-9-4-3-5-10(15)6-9)13(19)17(14(16)21)8-12(18)20-2/h3-7H,8H2,1-2H3/b11-7-. The number of methoxy groups -OCH3 is 1. The van der Waals surface area contributed by atoms with Crippen LogP contribution in [-0.4, -0.2) is 47.5 Å². The molecule has 1 amide bonds. The summed E-state index contributed by atoms with van der Waals surface area (Å²) in [6.07, 6.45) is 1.73. The average molecular weight is 369 g/mol. The van der Waals surface area contributed by atoms with Crippen molar-refractivity contribution < 1.29 is 14.3 Å². The molecule has 0 radical (unpaired) electrons. The first kappa shape index (κ1) is 15.7. The SMILES string of the molecule is COC(=O)CN1C(=O)/C(=C/c2cccc(Br)c2)N(C)C1=S. The van der Waals surface area contributed by atoms with Crippen LogP contribution in [0.25, 0.3) is 6.08 Å². The average Bonchev–Trinajstić information content (AvgIpc) is 2.65. The van der Waals surface area contributed by atoms with Crippen molar-refractivity contribution in [3.8, 4) is 0 Å². The van der Waals surface area contributed by atoms with E-state index in [-0.39, 0.29) is 17.6 Å². The van der Waals surface area contributed by atoms with E-state index in [9.17, 15) is 9.59 Å². The minimum absolute atomic E-state index is 0.186. The fourth-order valence-electron chi connectivity index (χ4n) is 1.90. The predicted octanol–water partition coefficient (Wildman–Crippen LogP) is 2.02. The highest BCUT2D eigenvalue weighted by atomic mass is 79.9. The van der Waals surface area contributed by atoms with Gasteiger partial charge < -0.3 is 9.64 Å². The molecule has 110 valence electrons. The maximum atomic E-state index is 12.4. The summed E-state index contributed by atoms with van der Waals surface area (Å²) in [5.74, 6) is -0.823. The number of likely N-dealkylation sites (N-methyl/N-ethyl adjacent to an activating group) is 1. The summed E-state index contributed by atoms with van der Waals surface area (Å²) < 4.78 is 5.49. The lowest BCUT2D eigenvalue weighted by molar-refractivity contribution is -0.143. The lowest BCUT2D eigenvalue weighted by Gasteiger charge is -2.14. The highest BCUT2D eigenvalue weighted by Crippen LogP contribution is 2.23. The summed E-state index contributed by atoms with van der Waals surface area (Å²) in [5.41, 5.74) is 1.28. The number of hydrogen-bond donors (Lipinski definition) is 0. The summed E-state index contributed by atoms with van der Waals surface area (Å²) in [7, 11) is 2.97. The third-order valence-electron chi connectivity index (χ3n) is 3.01. The molecule has 1 aromatic carbocycles. The normalized spacial score (nSPS) is 16.8. The molecule has 0 atom stereocenters. The number of thiocarbonyl (C=S) groups is 1. The van der Waals surface area contributed by atoms with Gasteiger partial charge in [0.05, 0.1) is 7.11 Å². The van der Waals surface area contributed by atoms with Crippen LogP contribution in [0.15, 0.2) is 34.4 Å². The van der Waals surface area contributed by atoms with E-state index in [2.05, 4.69) is 20.7 Å². The Morgan fingerprint density at radius 3 is 2.81 bits per heavy atom. The van der Waals surface area contributed by atoms with Gasteiger partial charge in [-0.2, -0.15) is 0 Å². The lowest BCUT2D eigenvalue weighted by atomic mass is 10.2. The summed E-state index contributed by atoms with van der Waals surface area (Å²) >= 11 is 8.58. The Morgan fingerprint density at radius 1 is 1.48 bits per heavy atom. The molecule has 1 aromatic rings. The minimum atomic E-state index is -0.511. The molecule has 0 saturated carbocycles. The van der Waals surface area contributed by atoms with Crippen molar-refractivity contribution in [2.45, 2.75) is 0 Å². The Bertz CT molecular complexity index is 645. The van der Waals surface area contributed by atoms with Crippen LogP contribution in [0.4, 0.5) is 0 Å². The maximum absolute atomic E-state index is 12.4. The second-order valence-electron chi connectivity index (χ2n) is 4.39. The van der Waals surface area contributed by atoms with E-state index >= 15 is 0 Å². The third kappa shape index (κ3) is 3.30. The van der Waals surface area contributed by atoms with Gasteiger partial charge >= 0.3 is 5.97 Å².